The second kappa shape index (κ2) is 9.20. The van der Waals surface area contributed by atoms with Crippen molar-refractivity contribution in [3.8, 4) is 17.2 Å². The highest BCUT2D eigenvalue weighted by molar-refractivity contribution is 5.54. The largest absolute Gasteiger partial charge is 0.497 e. The van der Waals surface area contributed by atoms with Crippen LogP contribution in [0.1, 0.15) is 36.6 Å². The number of piperazine rings is 1. The molecule has 1 aromatic carbocycles. The minimum absolute atomic E-state index is 0.656. The fraction of sp³-hybridized carbons (Fsp3) is 0.522. The van der Waals surface area contributed by atoms with Crippen molar-refractivity contribution < 1.29 is 9.15 Å². The van der Waals surface area contributed by atoms with Gasteiger partial charge in [-0.3, -0.25) is 9.80 Å². The Morgan fingerprint density at radius 1 is 0.903 bits per heavy atom. The molecule has 164 valence electrons. The molecule has 2 aliphatic rings. The smallest absolute Gasteiger partial charge is 0.226 e. The Balaban J connectivity index is 1.14. The molecule has 5 rings (SSSR count). The molecule has 1 fully saturated rings. The summed E-state index contributed by atoms with van der Waals surface area (Å²) in [4.78, 5) is 9.61. The van der Waals surface area contributed by atoms with E-state index in [4.69, 9.17) is 9.15 Å². The molecule has 8 heteroatoms. The average Bonchev–Trinajstić information content (AvgIpc) is 3.35. The Labute approximate surface area is 182 Å². The number of benzene rings is 1. The molecule has 0 spiro atoms. The van der Waals surface area contributed by atoms with Crippen molar-refractivity contribution in [3.05, 3.63) is 47.9 Å². The molecule has 0 unspecified atom stereocenters. The number of nitrogens with zero attached hydrogens (tertiary/aromatic N) is 6. The van der Waals surface area contributed by atoms with Gasteiger partial charge in [0.15, 0.2) is 0 Å². The Hall–Kier alpha value is -2.71. The topological polar surface area (TPSA) is 72.5 Å². The molecule has 1 saturated heterocycles. The number of aromatic nitrogens is 4. The molecule has 0 N–H and O–H groups in total. The van der Waals surface area contributed by atoms with Gasteiger partial charge in [0.25, 0.3) is 0 Å². The van der Waals surface area contributed by atoms with Gasteiger partial charge >= 0.3 is 0 Å². The van der Waals surface area contributed by atoms with Crippen LogP contribution < -0.4 is 4.74 Å². The van der Waals surface area contributed by atoms with E-state index in [1.165, 1.54) is 25.1 Å². The molecule has 3 aromatic rings. The summed E-state index contributed by atoms with van der Waals surface area (Å²) in [7, 11) is 1.67. The second-order valence-corrected chi connectivity index (χ2v) is 8.42. The highest BCUT2D eigenvalue weighted by Crippen LogP contribution is 2.22. The Kier molecular flexibility index (Phi) is 5.99. The first-order chi connectivity index (χ1) is 15.3. The molecule has 0 amide bonds. The summed E-state index contributed by atoms with van der Waals surface area (Å²) in [6.45, 7) is 6.88. The molecular weight excluding hydrogens is 392 g/mol. The molecule has 0 bridgehead atoms. The van der Waals surface area contributed by atoms with Crippen LogP contribution in [-0.4, -0.2) is 62.8 Å². The van der Waals surface area contributed by atoms with Gasteiger partial charge in [-0.25, -0.2) is 4.98 Å². The maximum Gasteiger partial charge on any atom is 0.226 e. The van der Waals surface area contributed by atoms with Crippen molar-refractivity contribution in [1.82, 2.24) is 29.5 Å². The maximum atomic E-state index is 5.71. The third kappa shape index (κ3) is 4.65. The molecule has 31 heavy (non-hydrogen) atoms. The summed E-state index contributed by atoms with van der Waals surface area (Å²) in [5.74, 6) is 3.79. The molecule has 0 saturated carbocycles. The number of ether oxygens (including phenoxy) is 1. The quantitative estimate of drug-likeness (QED) is 0.605. The van der Waals surface area contributed by atoms with Crippen LogP contribution in [0.3, 0.4) is 0 Å². The van der Waals surface area contributed by atoms with E-state index in [2.05, 4.69) is 29.5 Å². The normalized spacial score (nSPS) is 18.0. The highest BCUT2D eigenvalue weighted by atomic mass is 16.5. The predicted octanol–water partition coefficient (Wildman–Crippen LogP) is 2.99. The van der Waals surface area contributed by atoms with E-state index in [1.54, 1.807) is 13.4 Å². The molecule has 2 aromatic heterocycles. The van der Waals surface area contributed by atoms with Crippen LogP contribution in [0.25, 0.3) is 11.5 Å². The SMILES string of the molecule is COc1ccc(-c2nc(CN3CCN(Cc4nnc5n4CCCCC5)CC3)co2)cc1. The van der Waals surface area contributed by atoms with Gasteiger partial charge in [-0.2, -0.15) is 0 Å². The summed E-state index contributed by atoms with van der Waals surface area (Å²) in [5.41, 5.74) is 1.94. The minimum Gasteiger partial charge on any atom is -0.497 e. The van der Waals surface area contributed by atoms with Gasteiger partial charge in [-0.1, -0.05) is 6.42 Å². The Morgan fingerprint density at radius 2 is 1.68 bits per heavy atom. The van der Waals surface area contributed by atoms with E-state index in [9.17, 15) is 0 Å². The van der Waals surface area contributed by atoms with E-state index in [1.807, 2.05) is 24.3 Å². The van der Waals surface area contributed by atoms with Crippen molar-refractivity contribution in [2.45, 2.75) is 45.3 Å². The van der Waals surface area contributed by atoms with Gasteiger partial charge in [0.05, 0.1) is 19.3 Å². The summed E-state index contributed by atoms with van der Waals surface area (Å²) >= 11 is 0. The number of hydrogen-bond donors (Lipinski definition) is 0. The average molecular weight is 423 g/mol. The van der Waals surface area contributed by atoms with Gasteiger partial charge in [0.2, 0.25) is 5.89 Å². The lowest BCUT2D eigenvalue weighted by Gasteiger charge is -2.33. The zero-order valence-electron chi connectivity index (χ0n) is 18.2. The zero-order valence-corrected chi connectivity index (χ0v) is 18.2. The standard InChI is InChI=1S/C23H30N6O2/c1-30-20-8-6-18(7-9-20)23-24-19(17-31-23)15-27-11-13-28(14-12-27)16-22-26-25-21-5-3-2-4-10-29(21)22/h6-9,17H,2-5,10-16H2,1H3. The van der Waals surface area contributed by atoms with Gasteiger partial charge in [0.1, 0.15) is 23.7 Å². The van der Waals surface area contributed by atoms with Gasteiger partial charge in [-0.05, 0) is 37.1 Å². The number of hydrogen-bond acceptors (Lipinski definition) is 7. The lowest BCUT2D eigenvalue weighted by atomic mass is 10.2. The lowest BCUT2D eigenvalue weighted by molar-refractivity contribution is 0.117. The lowest BCUT2D eigenvalue weighted by Crippen LogP contribution is -2.45. The van der Waals surface area contributed by atoms with E-state index in [0.29, 0.717) is 5.89 Å². The van der Waals surface area contributed by atoms with E-state index in [-0.39, 0.29) is 0 Å². The number of methoxy groups -OCH3 is 1. The van der Waals surface area contributed by atoms with Crippen LogP contribution in [0.4, 0.5) is 0 Å². The highest BCUT2D eigenvalue weighted by Gasteiger charge is 2.22. The maximum absolute atomic E-state index is 5.71. The molecule has 0 aliphatic carbocycles. The minimum atomic E-state index is 0.656. The first-order valence-electron chi connectivity index (χ1n) is 11.2. The van der Waals surface area contributed by atoms with Crippen LogP contribution in [-0.2, 0) is 26.1 Å². The third-order valence-corrected chi connectivity index (χ3v) is 6.29. The molecule has 8 nitrogen and oxygen atoms in total. The Bertz CT molecular complexity index is 988. The zero-order chi connectivity index (χ0) is 21.0. The molecule has 2 aliphatic heterocycles. The van der Waals surface area contributed by atoms with Gasteiger partial charge < -0.3 is 13.7 Å². The first-order valence-corrected chi connectivity index (χ1v) is 11.2. The molecular formula is C23H30N6O2. The third-order valence-electron chi connectivity index (χ3n) is 6.29. The van der Waals surface area contributed by atoms with E-state index >= 15 is 0 Å². The van der Waals surface area contributed by atoms with Crippen molar-refractivity contribution in [1.29, 1.82) is 0 Å². The van der Waals surface area contributed by atoms with Crippen LogP contribution in [0.2, 0.25) is 0 Å². The number of fused-ring (bicyclic) bond motifs is 1. The number of aryl methyl sites for hydroxylation is 1. The van der Waals surface area contributed by atoms with Gasteiger partial charge in [0, 0.05) is 51.3 Å². The van der Waals surface area contributed by atoms with Crippen molar-refractivity contribution in [2.24, 2.45) is 0 Å². The summed E-state index contributed by atoms with van der Waals surface area (Å²) in [6, 6.07) is 7.79. The number of oxazole rings is 1. The van der Waals surface area contributed by atoms with Crippen molar-refractivity contribution in [3.63, 3.8) is 0 Å². The van der Waals surface area contributed by atoms with Crippen LogP contribution in [0.5, 0.6) is 5.75 Å². The summed E-state index contributed by atoms with van der Waals surface area (Å²) < 4.78 is 13.3. The predicted molar refractivity (Wildman–Crippen MR) is 117 cm³/mol. The fourth-order valence-electron chi connectivity index (χ4n) is 4.44. The molecule has 4 heterocycles. The fourth-order valence-corrected chi connectivity index (χ4v) is 4.44. The van der Waals surface area contributed by atoms with E-state index < -0.39 is 0 Å². The van der Waals surface area contributed by atoms with Crippen LogP contribution in [0.15, 0.2) is 34.9 Å². The first kappa shape index (κ1) is 20.2. The summed E-state index contributed by atoms with van der Waals surface area (Å²) in [6.07, 6.45) is 6.61. The second-order valence-electron chi connectivity index (χ2n) is 8.42. The van der Waals surface area contributed by atoms with E-state index in [0.717, 1.165) is 75.1 Å². The number of rotatable bonds is 6. The van der Waals surface area contributed by atoms with Crippen LogP contribution >= 0.6 is 0 Å². The Morgan fingerprint density at radius 3 is 2.45 bits per heavy atom. The van der Waals surface area contributed by atoms with Crippen molar-refractivity contribution in [2.75, 3.05) is 33.3 Å². The van der Waals surface area contributed by atoms with Gasteiger partial charge in [-0.15, -0.1) is 10.2 Å². The van der Waals surface area contributed by atoms with Crippen LogP contribution in [0, 0.1) is 0 Å². The molecule has 0 atom stereocenters. The molecule has 0 radical (unpaired) electrons. The van der Waals surface area contributed by atoms with Crippen molar-refractivity contribution >= 4 is 0 Å². The monoisotopic (exact) mass is 422 g/mol. The summed E-state index contributed by atoms with van der Waals surface area (Å²) in [5, 5.41) is 8.93.